The van der Waals surface area contributed by atoms with E-state index in [0.29, 0.717) is 0 Å². The molecule has 4 aromatic rings. The normalized spacial score (nSPS) is 10.7. The molecule has 2 nitrogen and oxygen atoms in total. The SMILES string of the molecule is COc1ccc(-c2ccc([I+]c3ccc(-c4ccc(OC)cc4)s3)s2)cc1. The van der Waals surface area contributed by atoms with Gasteiger partial charge < -0.3 is 9.47 Å². The molecule has 2 aromatic heterocycles. The number of benzene rings is 2. The largest absolute Gasteiger partial charge is 0.497 e. The van der Waals surface area contributed by atoms with Crippen molar-refractivity contribution in [3.05, 3.63) is 78.6 Å². The van der Waals surface area contributed by atoms with Crippen LogP contribution in [-0.4, -0.2) is 14.2 Å². The van der Waals surface area contributed by atoms with Crippen molar-refractivity contribution in [2.24, 2.45) is 0 Å². The van der Waals surface area contributed by atoms with Crippen molar-refractivity contribution >= 4 is 22.7 Å². The Kier molecular flexibility index (Phi) is 5.80. The van der Waals surface area contributed by atoms with Crippen molar-refractivity contribution in [2.75, 3.05) is 14.2 Å². The summed E-state index contributed by atoms with van der Waals surface area (Å²) in [6.45, 7) is 0. The van der Waals surface area contributed by atoms with Crippen LogP contribution in [0.1, 0.15) is 0 Å². The molecule has 5 heteroatoms. The molecule has 0 unspecified atom stereocenters. The highest BCUT2D eigenvalue weighted by atomic mass is 127. The Balaban J connectivity index is 1.48. The first-order valence-corrected chi connectivity index (χ1v) is 12.2. The van der Waals surface area contributed by atoms with Crippen molar-refractivity contribution < 1.29 is 30.7 Å². The first-order chi connectivity index (χ1) is 13.2. The molecule has 27 heavy (non-hydrogen) atoms. The minimum atomic E-state index is -0.145. The average Bonchev–Trinajstić information content (AvgIpc) is 3.38. The minimum absolute atomic E-state index is 0.145. The third kappa shape index (κ3) is 4.36. The van der Waals surface area contributed by atoms with E-state index in [-0.39, 0.29) is 21.2 Å². The monoisotopic (exact) mass is 505 g/mol. The van der Waals surface area contributed by atoms with E-state index in [1.165, 1.54) is 26.6 Å². The van der Waals surface area contributed by atoms with E-state index < -0.39 is 0 Å². The lowest BCUT2D eigenvalue weighted by atomic mass is 10.2. The molecule has 4 rings (SSSR count). The zero-order valence-corrected chi connectivity index (χ0v) is 18.7. The van der Waals surface area contributed by atoms with Crippen molar-refractivity contribution in [2.45, 2.75) is 0 Å². The number of thiophene rings is 2. The molecule has 0 spiro atoms. The van der Waals surface area contributed by atoms with Crippen LogP contribution in [0.3, 0.4) is 0 Å². The van der Waals surface area contributed by atoms with Crippen LogP contribution in [0.2, 0.25) is 0 Å². The molecular weight excluding hydrogens is 487 g/mol. The molecule has 2 heterocycles. The summed E-state index contributed by atoms with van der Waals surface area (Å²) in [6.07, 6.45) is 0. The maximum absolute atomic E-state index is 5.24. The van der Waals surface area contributed by atoms with Crippen molar-refractivity contribution in [3.8, 4) is 32.4 Å². The fraction of sp³-hybridized carbons (Fsp3) is 0.0909. The summed E-state index contributed by atoms with van der Waals surface area (Å²) in [5, 5.41) is 0. The quantitative estimate of drug-likeness (QED) is 0.375. The lowest BCUT2D eigenvalue weighted by Crippen LogP contribution is -3.61. The van der Waals surface area contributed by atoms with Gasteiger partial charge in [0, 0.05) is 21.9 Å². The van der Waals surface area contributed by atoms with Gasteiger partial charge in [-0.2, -0.15) is 0 Å². The molecule has 0 N–H and O–H groups in total. The molecule has 0 saturated heterocycles. The van der Waals surface area contributed by atoms with E-state index >= 15 is 0 Å². The molecule has 0 atom stereocenters. The number of rotatable bonds is 6. The van der Waals surface area contributed by atoms with Gasteiger partial charge in [-0.05, 0) is 71.8 Å². The van der Waals surface area contributed by atoms with Crippen LogP contribution in [0, 0.1) is 5.77 Å². The van der Waals surface area contributed by atoms with E-state index in [1.807, 2.05) is 46.9 Å². The van der Waals surface area contributed by atoms with Crippen molar-refractivity contribution in [1.82, 2.24) is 0 Å². The van der Waals surface area contributed by atoms with Crippen molar-refractivity contribution in [1.29, 1.82) is 0 Å². The molecular formula is C22H18IO2S2+. The maximum Gasteiger partial charge on any atom is 0.381 e. The Bertz CT molecular complexity index is 933. The zero-order valence-electron chi connectivity index (χ0n) is 14.9. The molecule has 0 aliphatic rings. The van der Waals surface area contributed by atoms with Crippen molar-refractivity contribution in [3.63, 3.8) is 0 Å². The van der Waals surface area contributed by atoms with Gasteiger partial charge in [0.05, 0.1) is 14.2 Å². The van der Waals surface area contributed by atoms with Crippen LogP contribution in [0.25, 0.3) is 20.9 Å². The van der Waals surface area contributed by atoms with Crippen LogP contribution < -0.4 is 30.7 Å². The lowest BCUT2D eigenvalue weighted by molar-refractivity contribution is -0.585. The topological polar surface area (TPSA) is 18.5 Å². The molecule has 0 saturated carbocycles. The van der Waals surface area contributed by atoms with Gasteiger partial charge in [0.1, 0.15) is 11.5 Å². The fourth-order valence-electron chi connectivity index (χ4n) is 2.64. The third-order valence-corrected chi connectivity index (χ3v) is 10.1. The minimum Gasteiger partial charge on any atom is -0.497 e. The predicted octanol–water partition coefficient (Wildman–Crippen LogP) is 3.29. The molecule has 0 aliphatic carbocycles. The van der Waals surface area contributed by atoms with E-state index in [9.17, 15) is 0 Å². The molecule has 0 aliphatic heterocycles. The van der Waals surface area contributed by atoms with Gasteiger partial charge in [-0.3, -0.25) is 0 Å². The second-order valence-corrected chi connectivity index (χ2v) is 12.3. The van der Waals surface area contributed by atoms with E-state index in [0.717, 1.165) is 11.5 Å². The number of halogens is 1. The van der Waals surface area contributed by atoms with Gasteiger partial charge >= 0.3 is 21.2 Å². The second-order valence-electron chi connectivity index (χ2n) is 5.76. The highest BCUT2D eigenvalue weighted by molar-refractivity contribution is 7.14. The highest BCUT2D eigenvalue weighted by Gasteiger charge is 2.21. The van der Waals surface area contributed by atoms with E-state index in [1.54, 1.807) is 14.2 Å². The lowest BCUT2D eigenvalue weighted by Gasteiger charge is -2.00. The van der Waals surface area contributed by atoms with Gasteiger partial charge in [0.15, 0.2) is 0 Å². The fourth-order valence-corrected chi connectivity index (χ4v) is 8.96. The van der Waals surface area contributed by atoms with Gasteiger partial charge in [-0.25, -0.2) is 0 Å². The number of ether oxygens (including phenoxy) is 2. The number of methoxy groups -OCH3 is 2. The zero-order chi connectivity index (χ0) is 18.6. The van der Waals surface area contributed by atoms with E-state index in [2.05, 4.69) is 48.5 Å². The van der Waals surface area contributed by atoms with Crippen LogP contribution in [0.5, 0.6) is 11.5 Å². The van der Waals surface area contributed by atoms with Gasteiger partial charge in [0.2, 0.25) is 5.77 Å². The van der Waals surface area contributed by atoms with Gasteiger partial charge in [-0.15, -0.1) is 0 Å². The average molecular weight is 505 g/mol. The molecule has 0 amide bonds. The van der Waals surface area contributed by atoms with Crippen LogP contribution in [0.15, 0.2) is 72.8 Å². The Hall–Kier alpha value is -1.83. The molecule has 0 fully saturated rings. The predicted molar refractivity (Wildman–Crippen MR) is 110 cm³/mol. The summed E-state index contributed by atoms with van der Waals surface area (Å²) in [5.41, 5.74) is 2.50. The summed E-state index contributed by atoms with van der Waals surface area (Å²) < 4.78 is 13.5. The molecule has 2 aromatic carbocycles. The third-order valence-electron chi connectivity index (χ3n) is 4.08. The smallest absolute Gasteiger partial charge is 0.381 e. The van der Waals surface area contributed by atoms with Gasteiger partial charge in [0.25, 0.3) is 0 Å². The summed E-state index contributed by atoms with van der Waals surface area (Å²) in [5.74, 6) is 1.79. The molecule has 136 valence electrons. The van der Waals surface area contributed by atoms with E-state index in [4.69, 9.17) is 9.47 Å². The van der Waals surface area contributed by atoms with Crippen LogP contribution in [0.4, 0.5) is 0 Å². The first-order valence-electron chi connectivity index (χ1n) is 8.38. The Morgan fingerprint density at radius 1 is 0.556 bits per heavy atom. The Morgan fingerprint density at radius 3 is 1.33 bits per heavy atom. The summed E-state index contributed by atoms with van der Waals surface area (Å²) in [7, 11) is 3.40. The second kappa shape index (κ2) is 8.46. The van der Waals surface area contributed by atoms with Crippen LogP contribution in [-0.2, 0) is 0 Å². The Morgan fingerprint density at radius 2 is 0.963 bits per heavy atom. The summed E-state index contributed by atoms with van der Waals surface area (Å²) in [4.78, 5) is 2.64. The van der Waals surface area contributed by atoms with Crippen LogP contribution >= 0.6 is 22.7 Å². The first kappa shape index (κ1) is 18.5. The highest BCUT2D eigenvalue weighted by Crippen LogP contribution is 2.28. The summed E-state index contributed by atoms with van der Waals surface area (Å²) in [6, 6.07) is 25.6. The summed E-state index contributed by atoms with van der Waals surface area (Å²) >= 11 is 3.66. The molecule has 0 radical (unpaired) electrons. The maximum atomic E-state index is 5.24. The Labute approximate surface area is 177 Å². The standard InChI is InChI=1S/C22H18IO2S2/c1-24-17-7-3-15(4-8-17)19-11-13-21(26-19)23-22-14-12-20(27-22)16-5-9-18(25-2)10-6-16/h3-14H,1-2H3/q+1. The number of hydrogen-bond acceptors (Lipinski definition) is 4. The number of hydrogen-bond donors (Lipinski definition) is 0. The van der Waals surface area contributed by atoms with Gasteiger partial charge in [-0.1, -0.05) is 22.7 Å². The molecule has 0 bridgehead atoms.